The minimum absolute atomic E-state index is 0.655. The van der Waals surface area contributed by atoms with Crippen molar-refractivity contribution >= 4 is 0 Å². The van der Waals surface area contributed by atoms with Crippen LogP contribution in [0, 0.1) is 11.8 Å². The number of nitrogens with zero attached hydrogens (tertiary/aromatic N) is 1. The van der Waals surface area contributed by atoms with Crippen LogP contribution in [0.3, 0.4) is 0 Å². The molecule has 2 aliphatic heterocycles. The maximum Gasteiger partial charge on any atom is 0.0507 e. The summed E-state index contributed by atoms with van der Waals surface area (Å²) in [5, 5.41) is 3.71. The second-order valence-corrected chi connectivity index (χ2v) is 6.96. The summed E-state index contributed by atoms with van der Waals surface area (Å²) in [5.74, 6) is 1.73. The minimum atomic E-state index is 0.655. The molecule has 3 nitrogen and oxygen atoms in total. The van der Waals surface area contributed by atoms with Gasteiger partial charge in [-0.1, -0.05) is 19.3 Å². The number of piperazine rings is 1. The zero-order chi connectivity index (χ0) is 13.1. The van der Waals surface area contributed by atoms with E-state index in [9.17, 15) is 0 Å². The Kier molecular flexibility index (Phi) is 4.78. The molecular formula is C16H30N2O. The molecule has 3 aliphatic rings. The van der Waals surface area contributed by atoms with Crippen molar-refractivity contribution in [2.75, 3.05) is 32.8 Å². The molecule has 3 unspecified atom stereocenters. The first-order chi connectivity index (χ1) is 9.33. The van der Waals surface area contributed by atoms with Crippen LogP contribution in [-0.2, 0) is 4.74 Å². The maximum absolute atomic E-state index is 5.56. The van der Waals surface area contributed by atoms with Crippen molar-refractivity contribution in [3.8, 4) is 0 Å². The van der Waals surface area contributed by atoms with Gasteiger partial charge in [0.2, 0.25) is 0 Å². The Bertz CT molecular complexity index is 272. The lowest BCUT2D eigenvalue weighted by molar-refractivity contribution is 0.0585. The summed E-state index contributed by atoms with van der Waals surface area (Å²) in [6.07, 6.45) is 8.56. The van der Waals surface area contributed by atoms with E-state index in [0.29, 0.717) is 6.04 Å². The molecule has 0 aromatic carbocycles. The summed E-state index contributed by atoms with van der Waals surface area (Å²) >= 11 is 0. The highest BCUT2D eigenvalue weighted by molar-refractivity contribution is 4.90. The molecule has 0 amide bonds. The summed E-state index contributed by atoms with van der Waals surface area (Å²) < 4.78 is 5.56. The van der Waals surface area contributed by atoms with Crippen LogP contribution in [0.5, 0.6) is 0 Å². The molecule has 1 aliphatic carbocycles. The first kappa shape index (κ1) is 13.8. The second-order valence-electron chi connectivity index (χ2n) is 6.96. The molecule has 0 spiro atoms. The Labute approximate surface area is 118 Å². The van der Waals surface area contributed by atoms with Gasteiger partial charge in [-0.25, -0.2) is 0 Å². The number of ether oxygens (including phenoxy) is 1. The van der Waals surface area contributed by atoms with Gasteiger partial charge in [-0.3, -0.25) is 4.90 Å². The van der Waals surface area contributed by atoms with Crippen molar-refractivity contribution in [1.29, 1.82) is 0 Å². The molecule has 1 saturated carbocycles. The van der Waals surface area contributed by atoms with Crippen LogP contribution < -0.4 is 5.32 Å². The summed E-state index contributed by atoms with van der Waals surface area (Å²) in [7, 11) is 0. The number of rotatable bonds is 3. The van der Waals surface area contributed by atoms with E-state index in [1.807, 2.05) is 0 Å². The molecule has 0 radical (unpaired) electrons. The van der Waals surface area contributed by atoms with Crippen molar-refractivity contribution in [3.63, 3.8) is 0 Å². The van der Waals surface area contributed by atoms with Crippen molar-refractivity contribution in [3.05, 3.63) is 0 Å². The average molecular weight is 266 g/mol. The van der Waals surface area contributed by atoms with Gasteiger partial charge in [0.05, 0.1) is 6.61 Å². The molecule has 2 heterocycles. The highest BCUT2D eigenvalue weighted by atomic mass is 16.5. The van der Waals surface area contributed by atoms with E-state index >= 15 is 0 Å². The standard InChI is InChI=1S/C16H30N2O/c1-13-10-18(11-14-7-8-19-12-14)16(9-17-13)15-5-3-2-4-6-15/h13-17H,2-12H2,1H3. The maximum atomic E-state index is 5.56. The number of hydrogen-bond donors (Lipinski definition) is 1. The van der Waals surface area contributed by atoms with E-state index in [1.165, 1.54) is 58.2 Å². The lowest BCUT2D eigenvalue weighted by Gasteiger charge is -2.45. The van der Waals surface area contributed by atoms with Crippen LogP contribution in [0.2, 0.25) is 0 Å². The van der Waals surface area contributed by atoms with E-state index in [2.05, 4.69) is 17.1 Å². The Hall–Kier alpha value is -0.120. The molecular weight excluding hydrogens is 236 g/mol. The van der Waals surface area contributed by atoms with Crippen LogP contribution in [0.4, 0.5) is 0 Å². The molecule has 1 N–H and O–H groups in total. The normalized spacial score (nSPS) is 38.7. The minimum Gasteiger partial charge on any atom is -0.381 e. The smallest absolute Gasteiger partial charge is 0.0507 e. The largest absolute Gasteiger partial charge is 0.381 e. The Morgan fingerprint density at radius 2 is 2.00 bits per heavy atom. The third kappa shape index (κ3) is 3.50. The van der Waals surface area contributed by atoms with Crippen LogP contribution >= 0.6 is 0 Å². The molecule has 19 heavy (non-hydrogen) atoms. The van der Waals surface area contributed by atoms with Crippen LogP contribution in [-0.4, -0.2) is 49.8 Å². The van der Waals surface area contributed by atoms with Crippen molar-refractivity contribution in [2.24, 2.45) is 11.8 Å². The van der Waals surface area contributed by atoms with Crippen molar-refractivity contribution in [1.82, 2.24) is 10.2 Å². The predicted octanol–water partition coefficient (Wildman–Crippen LogP) is 2.27. The molecule has 3 fully saturated rings. The highest BCUT2D eigenvalue weighted by Gasteiger charge is 2.34. The predicted molar refractivity (Wildman–Crippen MR) is 78.3 cm³/mol. The van der Waals surface area contributed by atoms with E-state index in [-0.39, 0.29) is 0 Å². The van der Waals surface area contributed by atoms with Gasteiger partial charge in [-0.15, -0.1) is 0 Å². The molecule has 2 saturated heterocycles. The quantitative estimate of drug-likeness (QED) is 0.848. The zero-order valence-corrected chi connectivity index (χ0v) is 12.4. The van der Waals surface area contributed by atoms with E-state index in [4.69, 9.17) is 4.74 Å². The van der Waals surface area contributed by atoms with Crippen LogP contribution in [0.25, 0.3) is 0 Å². The van der Waals surface area contributed by atoms with Crippen molar-refractivity contribution in [2.45, 2.75) is 57.5 Å². The average Bonchev–Trinajstić information content (AvgIpc) is 2.93. The first-order valence-corrected chi connectivity index (χ1v) is 8.38. The van der Waals surface area contributed by atoms with Gasteiger partial charge in [0.15, 0.2) is 0 Å². The fourth-order valence-electron chi connectivity index (χ4n) is 4.26. The molecule has 3 atom stereocenters. The van der Waals surface area contributed by atoms with Crippen LogP contribution in [0.15, 0.2) is 0 Å². The van der Waals surface area contributed by atoms with Gasteiger partial charge in [0, 0.05) is 38.3 Å². The van der Waals surface area contributed by atoms with E-state index < -0.39 is 0 Å². The summed E-state index contributed by atoms with van der Waals surface area (Å²) in [6, 6.07) is 1.44. The van der Waals surface area contributed by atoms with Gasteiger partial charge >= 0.3 is 0 Å². The fraction of sp³-hybridized carbons (Fsp3) is 1.00. The van der Waals surface area contributed by atoms with Gasteiger partial charge in [0.25, 0.3) is 0 Å². The number of hydrogen-bond acceptors (Lipinski definition) is 3. The molecule has 110 valence electrons. The van der Waals surface area contributed by atoms with Gasteiger partial charge in [-0.05, 0) is 38.0 Å². The highest BCUT2D eigenvalue weighted by Crippen LogP contribution is 2.31. The van der Waals surface area contributed by atoms with Gasteiger partial charge in [-0.2, -0.15) is 0 Å². The number of nitrogens with one attached hydrogen (secondary N) is 1. The molecule has 0 bridgehead atoms. The summed E-state index contributed by atoms with van der Waals surface area (Å²) in [5.41, 5.74) is 0. The topological polar surface area (TPSA) is 24.5 Å². The third-order valence-electron chi connectivity index (χ3n) is 5.36. The zero-order valence-electron chi connectivity index (χ0n) is 12.4. The Balaban J connectivity index is 1.61. The fourth-order valence-corrected chi connectivity index (χ4v) is 4.26. The van der Waals surface area contributed by atoms with Crippen LogP contribution in [0.1, 0.15) is 45.4 Å². The molecule has 0 aromatic heterocycles. The molecule has 0 aromatic rings. The second kappa shape index (κ2) is 6.55. The van der Waals surface area contributed by atoms with E-state index in [0.717, 1.165) is 31.1 Å². The van der Waals surface area contributed by atoms with Crippen molar-refractivity contribution < 1.29 is 4.74 Å². The Morgan fingerprint density at radius 1 is 1.16 bits per heavy atom. The Morgan fingerprint density at radius 3 is 2.74 bits per heavy atom. The molecule has 3 heteroatoms. The summed E-state index contributed by atoms with van der Waals surface area (Å²) in [6.45, 7) is 8.02. The first-order valence-electron chi connectivity index (χ1n) is 8.38. The lowest BCUT2D eigenvalue weighted by Crippen LogP contribution is -2.59. The van der Waals surface area contributed by atoms with E-state index in [1.54, 1.807) is 0 Å². The van der Waals surface area contributed by atoms with Gasteiger partial charge < -0.3 is 10.1 Å². The molecule has 3 rings (SSSR count). The third-order valence-corrected chi connectivity index (χ3v) is 5.36. The lowest BCUT2D eigenvalue weighted by atomic mass is 9.82. The summed E-state index contributed by atoms with van der Waals surface area (Å²) in [4.78, 5) is 2.80. The SMILES string of the molecule is CC1CN(CC2CCOC2)C(C2CCCCC2)CN1. The monoisotopic (exact) mass is 266 g/mol. The van der Waals surface area contributed by atoms with Gasteiger partial charge in [0.1, 0.15) is 0 Å².